The highest BCUT2D eigenvalue weighted by Gasteiger charge is 2.14. The van der Waals surface area contributed by atoms with Crippen molar-refractivity contribution in [3.63, 3.8) is 0 Å². The smallest absolute Gasteiger partial charge is 0.321 e. The minimum absolute atomic E-state index is 0.0164. The van der Waals surface area contributed by atoms with E-state index in [0.717, 1.165) is 44.6 Å². The van der Waals surface area contributed by atoms with Crippen molar-refractivity contribution in [3.8, 4) is 5.75 Å². The number of methoxy groups -OCH3 is 1. The molecule has 5 heteroatoms. The summed E-state index contributed by atoms with van der Waals surface area (Å²) in [5, 5.41) is 2.83. The lowest BCUT2D eigenvalue weighted by atomic mass is 10.1. The van der Waals surface area contributed by atoms with Crippen LogP contribution in [0.3, 0.4) is 0 Å². The Labute approximate surface area is 151 Å². The molecule has 2 rings (SSSR count). The molecule has 1 unspecified atom stereocenters. The SMILES string of the molecule is CCN(CCCCN1C=CCNC1=O)C(C)Cc1ccc(OC)cc1. The van der Waals surface area contributed by atoms with Gasteiger partial charge in [0.05, 0.1) is 7.11 Å². The van der Waals surface area contributed by atoms with Crippen LogP contribution in [-0.2, 0) is 6.42 Å². The number of rotatable bonds is 10. The second-order valence-corrected chi connectivity index (χ2v) is 6.50. The molecule has 1 N–H and O–H groups in total. The number of unbranched alkanes of at least 4 members (excludes halogenated alkanes) is 1. The third-order valence-corrected chi connectivity index (χ3v) is 4.73. The molecule has 1 atom stereocenters. The van der Waals surface area contributed by atoms with E-state index in [-0.39, 0.29) is 6.03 Å². The summed E-state index contributed by atoms with van der Waals surface area (Å²) in [6.07, 6.45) is 7.02. The number of carbonyl (C=O) groups is 1. The molecule has 1 heterocycles. The van der Waals surface area contributed by atoms with E-state index in [4.69, 9.17) is 4.74 Å². The Bertz CT molecular complexity index is 557. The maximum Gasteiger partial charge on any atom is 0.321 e. The van der Waals surface area contributed by atoms with E-state index in [0.29, 0.717) is 12.6 Å². The standard InChI is InChI=1S/C20H31N3O2/c1-4-22(13-5-6-14-23-15-7-12-21-20(23)24)17(2)16-18-8-10-19(25-3)11-9-18/h7-11,15,17H,4-6,12-14,16H2,1-3H3,(H,21,24). The third kappa shape index (κ3) is 6.09. The predicted molar refractivity (Wildman–Crippen MR) is 102 cm³/mol. The van der Waals surface area contributed by atoms with Crippen molar-refractivity contribution in [3.05, 3.63) is 42.1 Å². The summed E-state index contributed by atoms with van der Waals surface area (Å²) in [6, 6.07) is 8.85. The summed E-state index contributed by atoms with van der Waals surface area (Å²) in [6.45, 7) is 8.03. The van der Waals surface area contributed by atoms with E-state index in [2.05, 4.69) is 36.2 Å². The lowest BCUT2D eigenvalue weighted by Gasteiger charge is -2.28. The van der Waals surface area contributed by atoms with Gasteiger partial charge in [-0.25, -0.2) is 4.79 Å². The average Bonchev–Trinajstić information content (AvgIpc) is 2.63. The first-order valence-electron chi connectivity index (χ1n) is 9.22. The monoisotopic (exact) mass is 345 g/mol. The molecule has 0 saturated carbocycles. The predicted octanol–water partition coefficient (Wildman–Crippen LogP) is 3.27. The Morgan fingerprint density at radius 2 is 2.04 bits per heavy atom. The van der Waals surface area contributed by atoms with Crippen molar-refractivity contribution in [2.75, 3.05) is 33.3 Å². The number of likely N-dealkylation sites (N-methyl/N-ethyl adjacent to an activating group) is 1. The molecule has 1 aliphatic rings. The van der Waals surface area contributed by atoms with Crippen molar-refractivity contribution in [1.29, 1.82) is 0 Å². The molecule has 0 spiro atoms. The maximum absolute atomic E-state index is 11.7. The molecule has 0 bridgehead atoms. The molecule has 5 nitrogen and oxygen atoms in total. The third-order valence-electron chi connectivity index (χ3n) is 4.73. The number of nitrogens with one attached hydrogen (secondary N) is 1. The normalized spacial score (nSPS) is 15.4. The molecule has 1 aromatic rings. The van der Waals surface area contributed by atoms with Crippen LogP contribution in [0.2, 0.25) is 0 Å². The molecule has 0 aromatic heterocycles. The molecule has 0 aliphatic carbocycles. The highest BCUT2D eigenvalue weighted by Crippen LogP contribution is 2.15. The molecular weight excluding hydrogens is 314 g/mol. The summed E-state index contributed by atoms with van der Waals surface area (Å²) in [5.74, 6) is 0.902. The molecule has 0 saturated heterocycles. The molecule has 138 valence electrons. The van der Waals surface area contributed by atoms with Gasteiger partial charge in [0, 0.05) is 25.3 Å². The van der Waals surface area contributed by atoms with Crippen molar-refractivity contribution in [2.24, 2.45) is 0 Å². The van der Waals surface area contributed by atoms with Crippen molar-refractivity contribution >= 4 is 6.03 Å². The summed E-state index contributed by atoms with van der Waals surface area (Å²) >= 11 is 0. The zero-order valence-electron chi connectivity index (χ0n) is 15.7. The maximum atomic E-state index is 11.7. The van der Waals surface area contributed by atoms with Gasteiger partial charge in [0.25, 0.3) is 0 Å². The van der Waals surface area contributed by atoms with Gasteiger partial charge in [0.1, 0.15) is 5.75 Å². The average molecular weight is 345 g/mol. The molecule has 0 fully saturated rings. The van der Waals surface area contributed by atoms with Gasteiger partial charge in [0.2, 0.25) is 0 Å². The van der Waals surface area contributed by atoms with E-state index < -0.39 is 0 Å². The highest BCUT2D eigenvalue weighted by atomic mass is 16.5. The first kappa shape index (κ1) is 19.3. The van der Waals surface area contributed by atoms with Gasteiger partial charge >= 0.3 is 6.03 Å². The molecule has 0 radical (unpaired) electrons. The first-order valence-corrected chi connectivity index (χ1v) is 9.22. The Hall–Kier alpha value is -2.01. The van der Waals surface area contributed by atoms with Gasteiger partial charge in [-0.05, 0) is 63.0 Å². The van der Waals surface area contributed by atoms with E-state index in [9.17, 15) is 4.79 Å². The van der Waals surface area contributed by atoms with Gasteiger partial charge in [-0.2, -0.15) is 0 Å². The lowest BCUT2D eigenvalue weighted by Crippen LogP contribution is -2.40. The van der Waals surface area contributed by atoms with Gasteiger partial charge < -0.3 is 19.9 Å². The van der Waals surface area contributed by atoms with Crippen LogP contribution in [0.15, 0.2) is 36.5 Å². The second-order valence-electron chi connectivity index (χ2n) is 6.50. The molecule has 2 amide bonds. The van der Waals surface area contributed by atoms with Crippen LogP contribution in [0, 0.1) is 0 Å². The number of hydrogen-bond acceptors (Lipinski definition) is 3. The Morgan fingerprint density at radius 3 is 2.68 bits per heavy atom. The lowest BCUT2D eigenvalue weighted by molar-refractivity contribution is 0.202. The fraction of sp³-hybridized carbons (Fsp3) is 0.550. The summed E-state index contributed by atoms with van der Waals surface area (Å²) in [5.41, 5.74) is 1.34. The van der Waals surface area contributed by atoms with Crippen molar-refractivity contribution in [2.45, 2.75) is 39.2 Å². The summed E-state index contributed by atoms with van der Waals surface area (Å²) < 4.78 is 5.22. The quantitative estimate of drug-likeness (QED) is 0.662. The number of amides is 2. The summed E-state index contributed by atoms with van der Waals surface area (Å²) in [7, 11) is 1.69. The number of benzene rings is 1. The van der Waals surface area contributed by atoms with Crippen molar-refractivity contribution in [1.82, 2.24) is 15.1 Å². The Morgan fingerprint density at radius 1 is 1.28 bits per heavy atom. The van der Waals surface area contributed by atoms with Crippen LogP contribution in [0.4, 0.5) is 4.79 Å². The summed E-state index contributed by atoms with van der Waals surface area (Å²) in [4.78, 5) is 16.0. The van der Waals surface area contributed by atoms with Crippen LogP contribution in [0.1, 0.15) is 32.3 Å². The fourth-order valence-electron chi connectivity index (χ4n) is 3.19. The molecule has 1 aromatic carbocycles. The van der Waals surface area contributed by atoms with E-state index in [1.54, 1.807) is 12.0 Å². The topological polar surface area (TPSA) is 44.8 Å². The second kappa shape index (κ2) is 10.1. The first-order chi connectivity index (χ1) is 12.1. The van der Waals surface area contributed by atoms with Gasteiger partial charge in [-0.15, -0.1) is 0 Å². The van der Waals surface area contributed by atoms with Crippen LogP contribution in [0.5, 0.6) is 5.75 Å². The highest BCUT2D eigenvalue weighted by molar-refractivity contribution is 5.76. The number of nitrogens with zero attached hydrogens (tertiary/aromatic N) is 2. The van der Waals surface area contributed by atoms with Crippen LogP contribution in [-0.4, -0.2) is 55.2 Å². The minimum Gasteiger partial charge on any atom is -0.497 e. The van der Waals surface area contributed by atoms with Crippen molar-refractivity contribution < 1.29 is 9.53 Å². The fourth-order valence-corrected chi connectivity index (χ4v) is 3.19. The number of urea groups is 1. The molecule has 1 aliphatic heterocycles. The van der Waals surface area contributed by atoms with Gasteiger partial charge in [0.15, 0.2) is 0 Å². The van der Waals surface area contributed by atoms with Crippen LogP contribution >= 0.6 is 0 Å². The van der Waals surface area contributed by atoms with Gasteiger partial charge in [-0.1, -0.05) is 19.1 Å². The molecular formula is C20H31N3O2. The Kier molecular flexibility index (Phi) is 7.79. The zero-order chi connectivity index (χ0) is 18.1. The van der Waals surface area contributed by atoms with Gasteiger partial charge in [-0.3, -0.25) is 0 Å². The number of hydrogen-bond donors (Lipinski definition) is 1. The Balaban J connectivity index is 1.73. The minimum atomic E-state index is 0.0164. The van der Waals surface area contributed by atoms with Crippen LogP contribution < -0.4 is 10.1 Å². The number of carbonyl (C=O) groups excluding carboxylic acids is 1. The van der Waals surface area contributed by atoms with Crippen LogP contribution in [0.25, 0.3) is 0 Å². The zero-order valence-corrected chi connectivity index (χ0v) is 15.7. The molecule has 25 heavy (non-hydrogen) atoms. The van der Waals surface area contributed by atoms with E-state index >= 15 is 0 Å². The number of ether oxygens (including phenoxy) is 1. The van der Waals surface area contributed by atoms with E-state index in [1.807, 2.05) is 24.4 Å². The van der Waals surface area contributed by atoms with E-state index in [1.165, 1.54) is 5.56 Å². The largest absolute Gasteiger partial charge is 0.497 e.